The Morgan fingerprint density at radius 2 is 2.04 bits per heavy atom. The van der Waals surface area contributed by atoms with Crippen molar-refractivity contribution in [2.45, 2.75) is 6.61 Å². The van der Waals surface area contributed by atoms with Crippen molar-refractivity contribution < 1.29 is 4.74 Å². The minimum absolute atomic E-state index is 0.240. The SMILES string of the molecule is Nc1ncc(Br)nc1OCc1ccnc(C#Cc2cccnc2)c1. The highest BCUT2D eigenvalue weighted by atomic mass is 79.9. The summed E-state index contributed by atoms with van der Waals surface area (Å²) in [7, 11) is 0. The van der Waals surface area contributed by atoms with Crippen molar-refractivity contribution in [2.75, 3.05) is 5.73 Å². The molecule has 0 saturated carbocycles. The van der Waals surface area contributed by atoms with Gasteiger partial charge in [-0.1, -0.05) is 5.92 Å². The van der Waals surface area contributed by atoms with Gasteiger partial charge in [0.05, 0.1) is 6.20 Å². The Hall–Kier alpha value is -2.98. The molecule has 3 rings (SSSR count). The minimum Gasteiger partial charge on any atom is -0.470 e. The average Bonchev–Trinajstić information content (AvgIpc) is 2.62. The molecule has 0 aromatic carbocycles. The smallest absolute Gasteiger partial charge is 0.258 e. The van der Waals surface area contributed by atoms with E-state index in [1.807, 2.05) is 24.3 Å². The molecule has 0 atom stereocenters. The van der Waals surface area contributed by atoms with Gasteiger partial charge in [0, 0.05) is 24.2 Å². The zero-order valence-corrected chi connectivity index (χ0v) is 14.1. The molecular formula is C17H12BrN5O. The van der Waals surface area contributed by atoms with Crippen molar-refractivity contribution in [1.82, 2.24) is 19.9 Å². The van der Waals surface area contributed by atoms with Crippen LogP contribution in [0.1, 0.15) is 16.8 Å². The van der Waals surface area contributed by atoms with Gasteiger partial charge < -0.3 is 10.5 Å². The Bertz CT molecular complexity index is 906. The van der Waals surface area contributed by atoms with Crippen molar-refractivity contribution in [3.8, 4) is 17.7 Å². The second kappa shape index (κ2) is 7.53. The number of nitrogens with two attached hydrogens (primary N) is 1. The molecule has 0 amide bonds. The second-order valence-electron chi connectivity index (χ2n) is 4.71. The van der Waals surface area contributed by atoms with Crippen LogP contribution in [0.5, 0.6) is 5.88 Å². The zero-order chi connectivity index (χ0) is 16.8. The van der Waals surface area contributed by atoms with Gasteiger partial charge in [-0.2, -0.15) is 0 Å². The molecule has 3 aromatic rings. The number of nitrogen functional groups attached to an aromatic ring is 1. The summed E-state index contributed by atoms with van der Waals surface area (Å²) < 4.78 is 6.17. The molecule has 3 aromatic heterocycles. The van der Waals surface area contributed by atoms with E-state index in [0.29, 0.717) is 16.9 Å². The Balaban J connectivity index is 1.72. The summed E-state index contributed by atoms with van der Waals surface area (Å²) in [6.07, 6.45) is 6.61. The number of ether oxygens (including phenoxy) is 1. The van der Waals surface area contributed by atoms with Crippen LogP contribution in [0.2, 0.25) is 0 Å². The van der Waals surface area contributed by atoms with Crippen LogP contribution >= 0.6 is 15.9 Å². The highest BCUT2D eigenvalue weighted by Crippen LogP contribution is 2.19. The fourth-order valence-electron chi connectivity index (χ4n) is 1.82. The lowest BCUT2D eigenvalue weighted by Crippen LogP contribution is -2.03. The maximum absolute atomic E-state index is 5.74. The van der Waals surface area contributed by atoms with Crippen LogP contribution in [0.15, 0.2) is 53.7 Å². The Morgan fingerprint density at radius 1 is 1.12 bits per heavy atom. The summed E-state index contributed by atoms with van der Waals surface area (Å²) in [4.78, 5) is 16.4. The molecule has 0 aliphatic carbocycles. The van der Waals surface area contributed by atoms with Crippen molar-refractivity contribution in [2.24, 2.45) is 0 Å². The van der Waals surface area contributed by atoms with Crippen LogP contribution in [0.4, 0.5) is 5.82 Å². The first-order valence-corrected chi connectivity index (χ1v) is 7.78. The molecule has 0 bridgehead atoms. The molecule has 6 nitrogen and oxygen atoms in total. The van der Waals surface area contributed by atoms with Crippen molar-refractivity contribution in [3.05, 3.63) is 70.5 Å². The Morgan fingerprint density at radius 3 is 2.88 bits per heavy atom. The standard InChI is InChI=1S/C17H12BrN5O/c18-15-10-22-16(19)17(23-15)24-11-13-5-7-21-14(8-13)4-3-12-2-1-6-20-9-12/h1-2,5-10H,11H2,(H2,19,22). The molecule has 0 radical (unpaired) electrons. The number of aromatic nitrogens is 4. The third kappa shape index (κ3) is 4.27. The fraction of sp³-hybridized carbons (Fsp3) is 0.0588. The van der Waals surface area contributed by atoms with Crippen LogP contribution in [0.3, 0.4) is 0 Å². The average molecular weight is 382 g/mol. The van der Waals surface area contributed by atoms with Crippen molar-refractivity contribution in [1.29, 1.82) is 0 Å². The molecule has 0 fully saturated rings. The summed E-state index contributed by atoms with van der Waals surface area (Å²) in [5, 5.41) is 0. The first-order chi connectivity index (χ1) is 11.7. The van der Waals surface area contributed by atoms with E-state index in [2.05, 4.69) is 47.7 Å². The third-order valence-electron chi connectivity index (χ3n) is 2.93. The predicted molar refractivity (Wildman–Crippen MR) is 92.9 cm³/mol. The molecule has 7 heteroatoms. The van der Waals surface area contributed by atoms with E-state index in [1.54, 1.807) is 18.6 Å². The van der Waals surface area contributed by atoms with Gasteiger partial charge in [-0.3, -0.25) is 4.98 Å². The molecule has 0 spiro atoms. The fourth-order valence-corrected chi connectivity index (χ4v) is 2.09. The van der Waals surface area contributed by atoms with E-state index in [9.17, 15) is 0 Å². The lowest BCUT2D eigenvalue weighted by molar-refractivity contribution is 0.294. The van der Waals surface area contributed by atoms with Gasteiger partial charge in [0.2, 0.25) is 0 Å². The lowest BCUT2D eigenvalue weighted by Gasteiger charge is -2.07. The molecule has 0 aliphatic heterocycles. The number of rotatable bonds is 3. The van der Waals surface area contributed by atoms with Gasteiger partial charge in [0.1, 0.15) is 16.9 Å². The lowest BCUT2D eigenvalue weighted by atomic mass is 10.2. The van der Waals surface area contributed by atoms with Gasteiger partial charge in [-0.15, -0.1) is 0 Å². The quantitative estimate of drug-likeness (QED) is 0.701. The van der Waals surface area contributed by atoms with Crippen LogP contribution < -0.4 is 10.5 Å². The number of hydrogen-bond donors (Lipinski definition) is 1. The van der Waals surface area contributed by atoms with Crippen molar-refractivity contribution >= 4 is 21.7 Å². The van der Waals surface area contributed by atoms with Crippen molar-refractivity contribution in [3.63, 3.8) is 0 Å². The monoisotopic (exact) mass is 381 g/mol. The van der Waals surface area contributed by atoms with Crippen LogP contribution in [0, 0.1) is 11.8 Å². The summed E-state index contributed by atoms with van der Waals surface area (Å²) in [6.45, 7) is 0.291. The predicted octanol–water partition coefficient (Wildman–Crippen LogP) is 2.59. The van der Waals surface area contributed by atoms with Gasteiger partial charge in [0.15, 0.2) is 5.82 Å². The second-order valence-corrected chi connectivity index (χ2v) is 5.53. The van der Waals surface area contributed by atoms with Gasteiger partial charge >= 0.3 is 0 Å². The first-order valence-electron chi connectivity index (χ1n) is 6.98. The molecule has 2 N–H and O–H groups in total. The highest BCUT2D eigenvalue weighted by Gasteiger charge is 2.05. The molecule has 3 heterocycles. The number of halogens is 1. The normalized spacial score (nSPS) is 9.88. The highest BCUT2D eigenvalue weighted by molar-refractivity contribution is 9.10. The van der Waals surface area contributed by atoms with Crippen LogP contribution in [0.25, 0.3) is 0 Å². The third-order valence-corrected chi connectivity index (χ3v) is 3.32. The maximum Gasteiger partial charge on any atom is 0.258 e. The number of hydrogen-bond acceptors (Lipinski definition) is 6. The largest absolute Gasteiger partial charge is 0.470 e. The minimum atomic E-state index is 0.240. The molecule has 0 unspecified atom stereocenters. The molecular weight excluding hydrogens is 370 g/mol. The number of anilines is 1. The van der Waals surface area contributed by atoms with Gasteiger partial charge in [-0.05, 0) is 51.7 Å². The first kappa shape index (κ1) is 15.9. The molecule has 0 saturated heterocycles. The summed E-state index contributed by atoms with van der Waals surface area (Å²) in [6, 6.07) is 7.43. The van der Waals surface area contributed by atoms with E-state index in [1.165, 1.54) is 6.20 Å². The van der Waals surface area contributed by atoms with Crippen LogP contribution in [-0.2, 0) is 6.61 Å². The molecule has 0 aliphatic rings. The maximum atomic E-state index is 5.74. The van der Waals surface area contributed by atoms with E-state index in [4.69, 9.17) is 10.5 Å². The Labute approximate surface area is 147 Å². The van der Waals surface area contributed by atoms with Gasteiger partial charge in [0.25, 0.3) is 5.88 Å². The molecule has 24 heavy (non-hydrogen) atoms. The van der Waals surface area contributed by atoms with E-state index < -0.39 is 0 Å². The van der Waals surface area contributed by atoms with E-state index in [-0.39, 0.29) is 11.7 Å². The Kier molecular flexibility index (Phi) is 4.99. The summed E-state index contributed by atoms with van der Waals surface area (Å²) >= 11 is 3.23. The number of pyridine rings is 2. The van der Waals surface area contributed by atoms with E-state index >= 15 is 0 Å². The topological polar surface area (TPSA) is 86.8 Å². The van der Waals surface area contributed by atoms with Crippen LogP contribution in [-0.4, -0.2) is 19.9 Å². The zero-order valence-electron chi connectivity index (χ0n) is 12.5. The van der Waals surface area contributed by atoms with Gasteiger partial charge in [-0.25, -0.2) is 15.0 Å². The summed E-state index contributed by atoms with van der Waals surface area (Å²) in [5.41, 5.74) is 8.12. The van der Waals surface area contributed by atoms with E-state index in [0.717, 1.165) is 11.1 Å². The number of nitrogens with zero attached hydrogens (tertiary/aromatic N) is 4. The summed E-state index contributed by atoms with van der Waals surface area (Å²) in [5.74, 6) is 6.54. The molecule has 118 valence electrons.